The average Bonchev–Trinajstić information content (AvgIpc) is 2.90. The van der Waals surface area contributed by atoms with Gasteiger partial charge in [0.15, 0.2) is 0 Å². The molecule has 0 unspecified atom stereocenters. The Morgan fingerprint density at radius 1 is 1.00 bits per heavy atom. The highest BCUT2D eigenvalue weighted by molar-refractivity contribution is 6.21. The van der Waals surface area contributed by atoms with Crippen molar-refractivity contribution in [3.63, 3.8) is 0 Å². The van der Waals surface area contributed by atoms with Gasteiger partial charge in [0.25, 0.3) is 11.8 Å². The summed E-state index contributed by atoms with van der Waals surface area (Å²) in [6.07, 6.45) is 1.57. The third-order valence-electron chi connectivity index (χ3n) is 4.40. The van der Waals surface area contributed by atoms with Crippen molar-refractivity contribution in [2.75, 3.05) is 5.32 Å². The van der Waals surface area contributed by atoms with Gasteiger partial charge < -0.3 is 10.1 Å². The van der Waals surface area contributed by atoms with E-state index in [0.29, 0.717) is 28.3 Å². The largest absolute Gasteiger partial charge is 0.457 e. The summed E-state index contributed by atoms with van der Waals surface area (Å²) in [5, 5.41) is 5.14. The Balaban J connectivity index is 1.75. The zero-order valence-corrected chi connectivity index (χ0v) is 14.7. The number of ether oxygens (including phenoxy) is 1. The van der Waals surface area contributed by atoms with Crippen molar-refractivity contribution in [1.29, 1.82) is 0 Å². The van der Waals surface area contributed by atoms with Crippen LogP contribution < -0.4 is 15.4 Å². The molecule has 1 aliphatic heterocycles. The van der Waals surface area contributed by atoms with Gasteiger partial charge in [-0.15, -0.1) is 0 Å². The zero-order chi connectivity index (χ0) is 18.7. The molecule has 2 aromatic rings. The molecule has 1 heterocycles. The van der Waals surface area contributed by atoms with Crippen molar-refractivity contribution in [3.8, 4) is 11.5 Å². The van der Waals surface area contributed by atoms with Gasteiger partial charge in [0.2, 0.25) is 5.91 Å². The summed E-state index contributed by atoms with van der Waals surface area (Å²) in [4.78, 5) is 35.5. The summed E-state index contributed by atoms with van der Waals surface area (Å²) in [6, 6.07) is 11.8. The summed E-state index contributed by atoms with van der Waals surface area (Å²) in [6.45, 7) is 3.98. The Morgan fingerprint density at radius 2 is 1.69 bits per heavy atom. The van der Waals surface area contributed by atoms with E-state index in [2.05, 4.69) is 10.6 Å². The predicted molar refractivity (Wildman–Crippen MR) is 97.5 cm³/mol. The van der Waals surface area contributed by atoms with Gasteiger partial charge in [0, 0.05) is 17.7 Å². The standard InChI is InChI=1S/C20H20N2O4/c1-3-12(4-2)18(23)21-13-6-5-7-14(10-13)26-15-8-9-16-17(11-15)20(25)22-19(16)24/h5-12H,3-4H2,1-2H3,(H,21,23)(H,22,24,25). The lowest BCUT2D eigenvalue weighted by molar-refractivity contribution is -0.120. The summed E-state index contributed by atoms with van der Waals surface area (Å²) < 4.78 is 5.78. The molecule has 0 radical (unpaired) electrons. The molecule has 0 saturated carbocycles. The molecule has 2 aromatic carbocycles. The summed E-state index contributed by atoms with van der Waals surface area (Å²) in [7, 11) is 0. The maximum atomic E-state index is 12.2. The molecule has 1 aliphatic rings. The Morgan fingerprint density at radius 3 is 2.42 bits per heavy atom. The predicted octanol–water partition coefficient (Wildman–Crippen LogP) is 3.74. The lowest BCUT2D eigenvalue weighted by Gasteiger charge is -2.13. The molecule has 0 spiro atoms. The number of hydrogen-bond acceptors (Lipinski definition) is 4. The van der Waals surface area contributed by atoms with E-state index in [1.165, 1.54) is 6.07 Å². The van der Waals surface area contributed by atoms with Crippen LogP contribution in [0.15, 0.2) is 42.5 Å². The van der Waals surface area contributed by atoms with Crippen LogP contribution in [0.3, 0.4) is 0 Å². The Hall–Kier alpha value is -3.15. The van der Waals surface area contributed by atoms with E-state index < -0.39 is 11.8 Å². The highest BCUT2D eigenvalue weighted by atomic mass is 16.5. The Bertz CT molecular complexity index is 872. The lowest BCUT2D eigenvalue weighted by atomic mass is 10.0. The minimum absolute atomic E-state index is 0.0140. The normalized spacial score (nSPS) is 12.7. The van der Waals surface area contributed by atoms with Gasteiger partial charge in [-0.2, -0.15) is 0 Å². The molecule has 0 aromatic heterocycles. The van der Waals surface area contributed by atoms with Crippen molar-refractivity contribution < 1.29 is 19.1 Å². The fraction of sp³-hybridized carbons (Fsp3) is 0.250. The van der Waals surface area contributed by atoms with Gasteiger partial charge in [-0.1, -0.05) is 19.9 Å². The van der Waals surface area contributed by atoms with Crippen LogP contribution >= 0.6 is 0 Å². The number of nitrogens with one attached hydrogen (secondary N) is 2. The fourth-order valence-corrected chi connectivity index (χ4v) is 2.89. The second kappa shape index (κ2) is 7.39. The van der Waals surface area contributed by atoms with E-state index >= 15 is 0 Å². The first-order valence-electron chi connectivity index (χ1n) is 8.60. The fourth-order valence-electron chi connectivity index (χ4n) is 2.89. The number of fused-ring (bicyclic) bond motifs is 1. The van der Waals surface area contributed by atoms with Gasteiger partial charge >= 0.3 is 0 Å². The molecule has 0 saturated heterocycles. The third-order valence-corrected chi connectivity index (χ3v) is 4.40. The number of benzene rings is 2. The van der Waals surface area contributed by atoms with Crippen molar-refractivity contribution in [2.45, 2.75) is 26.7 Å². The average molecular weight is 352 g/mol. The van der Waals surface area contributed by atoms with Crippen LogP contribution in [0, 0.1) is 5.92 Å². The lowest BCUT2D eigenvalue weighted by Crippen LogP contribution is -2.21. The number of amides is 3. The highest BCUT2D eigenvalue weighted by Crippen LogP contribution is 2.28. The van der Waals surface area contributed by atoms with Gasteiger partial charge in [0.1, 0.15) is 11.5 Å². The minimum Gasteiger partial charge on any atom is -0.457 e. The van der Waals surface area contributed by atoms with Crippen molar-refractivity contribution in [2.24, 2.45) is 5.92 Å². The molecular formula is C20H20N2O4. The maximum absolute atomic E-state index is 12.2. The van der Waals surface area contributed by atoms with Crippen LogP contribution in [-0.2, 0) is 4.79 Å². The molecule has 0 atom stereocenters. The van der Waals surface area contributed by atoms with Gasteiger partial charge in [0.05, 0.1) is 11.1 Å². The van der Waals surface area contributed by atoms with Gasteiger partial charge in [-0.05, 0) is 43.2 Å². The highest BCUT2D eigenvalue weighted by Gasteiger charge is 2.27. The van der Waals surface area contributed by atoms with Gasteiger partial charge in [-0.25, -0.2) is 0 Å². The SMILES string of the molecule is CCC(CC)C(=O)Nc1cccc(Oc2ccc3c(c2)C(=O)NC3=O)c1. The first-order valence-corrected chi connectivity index (χ1v) is 8.60. The third kappa shape index (κ3) is 3.59. The minimum atomic E-state index is -0.429. The van der Waals surface area contributed by atoms with E-state index in [1.807, 2.05) is 13.8 Å². The molecule has 134 valence electrons. The second-order valence-corrected chi connectivity index (χ2v) is 6.12. The van der Waals surface area contributed by atoms with E-state index in [1.54, 1.807) is 36.4 Å². The van der Waals surface area contributed by atoms with E-state index in [9.17, 15) is 14.4 Å². The molecule has 0 fully saturated rings. The summed E-state index contributed by atoms with van der Waals surface area (Å²) in [5.74, 6) is 0.102. The van der Waals surface area contributed by atoms with Crippen LogP contribution in [-0.4, -0.2) is 17.7 Å². The monoisotopic (exact) mass is 352 g/mol. The zero-order valence-electron chi connectivity index (χ0n) is 14.7. The molecule has 0 aliphatic carbocycles. The van der Waals surface area contributed by atoms with Crippen LogP contribution in [0.2, 0.25) is 0 Å². The summed E-state index contributed by atoms with van der Waals surface area (Å²) >= 11 is 0. The first kappa shape index (κ1) is 17.7. The number of carbonyl (C=O) groups is 3. The molecule has 2 N–H and O–H groups in total. The molecule has 26 heavy (non-hydrogen) atoms. The maximum Gasteiger partial charge on any atom is 0.259 e. The molecule has 6 heteroatoms. The number of carbonyl (C=O) groups excluding carboxylic acids is 3. The second-order valence-electron chi connectivity index (χ2n) is 6.12. The van der Waals surface area contributed by atoms with Crippen LogP contribution in [0.1, 0.15) is 47.4 Å². The molecule has 0 bridgehead atoms. The summed E-state index contributed by atoms with van der Waals surface area (Å²) in [5.41, 5.74) is 1.28. The van der Waals surface area contributed by atoms with E-state index in [0.717, 1.165) is 12.8 Å². The quantitative estimate of drug-likeness (QED) is 0.776. The van der Waals surface area contributed by atoms with Gasteiger partial charge in [-0.3, -0.25) is 19.7 Å². The Kier molecular flexibility index (Phi) is 5.02. The number of imide groups is 1. The number of anilines is 1. The first-order chi connectivity index (χ1) is 12.5. The van der Waals surface area contributed by atoms with Crippen LogP contribution in [0.5, 0.6) is 11.5 Å². The van der Waals surface area contributed by atoms with E-state index in [-0.39, 0.29) is 11.8 Å². The van der Waals surface area contributed by atoms with Crippen molar-refractivity contribution in [3.05, 3.63) is 53.6 Å². The molecule has 3 rings (SSSR count). The van der Waals surface area contributed by atoms with Crippen LogP contribution in [0.25, 0.3) is 0 Å². The molecule has 6 nitrogen and oxygen atoms in total. The van der Waals surface area contributed by atoms with Crippen LogP contribution in [0.4, 0.5) is 5.69 Å². The molecular weight excluding hydrogens is 332 g/mol. The number of hydrogen-bond donors (Lipinski definition) is 2. The smallest absolute Gasteiger partial charge is 0.259 e. The Labute approximate surface area is 151 Å². The van der Waals surface area contributed by atoms with Crippen molar-refractivity contribution in [1.82, 2.24) is 5.32 Å². The van der Waals surface area contributed by atoms with E-state index in [4.69, 9.17) is 4.74 Å². The molecule has 3 amide bonds. The topological polar surface area (TPSA) is 84.5 Å². The van der Waals surface area contributed by atoms with Crippen molar-refractivity contribution >= 4 is 23.4 Å². The number of rotatable bonds is 6.